The van der Waals surface area contributed by atoms with Crippen LogP contribution < -0.4 is 0 Å². The molecule has 0 radical (unpaired) electrons. The van der Waals surface area contributed by atoms with Crippen molar-refractivity contribution in [3.8, 4) is 0 Å². The zero-order valence-corrected chi connectivity index (χ0v) is 13.3. The average molecular weight is 337 g/mol. The maximum absolute atomic E-state index is 13.0. The minimum Gasteiger partial charge on any atom is -0.228 e. The molecule has 2 aromatic rings. The highest BCUT2D eigenvalue weighted by atomic mass is 32.2. The zero-order chi connectivity index (χ0) is 15.5. The molecule has 2 fully saturated rings. The predicted octanol–water partition coefficient (Wildman–Crippen LogP) is 1.40. The number of hydrogen-bond donors (Lipinski definition) is 0. The highest BCUT2D eigenvalue weighted by Crippen LogP contribution is 2.38. The quantitative estimate of drug-likeness (QED) is 0.830. The summed E-state index contributed by atoms with van der Waals surface area (Å²) < 4.78 is 51.0. The van der Waals surface area contributed by atoms with Gasteiger partial charge in [0.2, 0.25) is 10.0 Å². The number of nitrogens with zero attached hydrogens (tertiary/aromatic N) is 1. The van der Waals surface area contributed by atoms with Gasteiger partial charge in [-0.15, -0.1) is 0 Å². The number of hydrogen-bond acceptors (Lipinski definition) is 4. The molecule has 2 aliphatic heterocycles. The SMILES string of the molecule is O=S1(=O)CC2CC1CN2S(=O)(=O)c1cccc2ccccc12. The van der Waals surface area contributed by atoms with Crippen molar-refractivity contribution in [2.45, 2.75) is 22.6 Å². The summed E-state index contributed by atoms with van der Waals surface area (Å²) in [5.41, 5.74) is 0. The molecule has 2 bridgehead atoms. The van der Waals surface area contributed by atoms with Gasteiger partial charge in [-0.25, -0.2) is 16.8 Å². The van der Waals surface area contributed by atoms with Crippen LogP contribution in [0.2, 0.25) is 0 Å². The summed E-state index contributed by atoms with van der Waals surface area (Å²) in [4.78, 5) is 0.260. The minimum absolute atomic E-state index is 0.0539. The molecule has 4 rings (SSSR count). The van der Waals surface area contributed by atoms with Crippen molar-refractivity contribution in [1.82, 2.24) is 4.31 Å². The van der Waals surface area contributed by atoms with Crippen LogP contribution in [-0.4, -0.2) is 44.7 Å². The Balaban J connectivity index is 1.82. The standard InChI is InChI=1S/C15H15NO4S2/c17-21(18)10-12-8-13(21)9-16(12)22(19,20)15-7-3-5-11-4-1-2-6-14(11)15/h1-7,12-13H,8-10H2. The molecule has 2 heterocycles. The van der Waals surface area contributed by atoms with E-state index in [-0.39, 0.29) is 17.2 Å². The average Bonchev–Trinajstić information content (AvgIpc) is 3.03. The number of sulfonamides is 1. The van der Waals surface area contributed by atoms with E-state index in [2.05, 4.69) is 0 Å². The number of benzene rings is 2. The van der Waals surface area contributed by atoms with Gasteiger partial charge in [-0.2, -0.15) is 4.31 Å². The first-order valence-electron chi connectivity index (χ1n) is 7.11. The summed E-state index contributed by atoms with van der Waals surface area (Å²) >= 11 is 0. The van der Waals surface area contributed by atoms with Crippen LogP contribution in [0.15, 0.2) is 47.4 Å². The van der Waals surface area contributed by atoms with Crippen molar-refractivity contribution in [3.63, 3.8) is 0 Å². The van der Waals surface area contributed by atoms with Crippen LogP contribution in [0.1, 0.15) is 6.42 Å². The van der Waals surface area contributed by atoms with Crippen LogP contribution in [0.4, 0.5) is 0 Å². The van der Waals surface area contributed by atoms with E-state index < -0.39 is 31.2 Å². The van der Waals surface area contributed by atoms with Crippen molar-refractivity contribution < 1.29 is 16.8 Å². The molecular weight excluding hydrogens is 322 g/mol. The van der Waals surface area contributed by atoms with Gasteiger partial charge in [0.25, 0.3) is 0 Å². The van der Waals surface area contributed by atoms with E-state index in [1.54, 1.807) is 18.2 Å². The van der Waals surface area contributed by atoms with Crippen LogP contribution in [0, 0.1) is 0 Å². The van der Waals surface area contributed by atoms with Gasteiger partial charge >= 0.3 is 0 Å². The highest BCUT2D eigenvalue weighted by Gasteiger charge is 2.52. The monoisotopic (exact) mass is 337 g/mol. The Morgan fingerprint density at radius 2 is 1.77 bits per heavy atom. The Bertz CT molecular complexity index is 961. The second-order valence-corrected chi connectivity index (χ2v) is 10.1. The van der Waals surface area contributed by atoms with E-state index in [1.807, 2.05) is 24.3 Å². The summed E-state index contributed by atoms with van der Waals surface area (Å²) in [6.45, 7) is 0.0819. The fourth-order valence-corrected chi connectivity index (χ4v) is 7.61. The minimum atomic E-state index is -3.68. The van der Waals surface area contributed by atoms with Crippen molar-refractivity contribution in [1.29, 1.82) is 0 Å². The van der Waals surface area contributed by atoms with Crippen LogP contribution in [-0.2, 0) is 19.9 Å². The largest absolute Gasteiger partial charge is 0.244 e. The van der Waals surface area contributed by atoms with Gasteiger partial charge in [-0.05, 0) is 17.9 Å². The molecule has 2 atom stereocenters. The van der Waals surface area contributed by atoms with Gasteiger partial charge in [-0.3, -0.25) is 0 Å². The number of sulfone groups is 1. The third kappa shape index (κ3) is 1.92. The Kier molecular flexibility index (Phi) is 2.92. The van der Waals surface area contributed by atoms with Crippen molar-refractivity contribution in [3.05, 3.63) is 42.5 Å². The molecule has 0 aliphatic carbocycles. The fourth-order valence-electron chi connectivity index (χ4n) is 3.50. The maximum Gasteiger partial charge on any atom is 0.244 e. The molecule has 0 saturated carbocycles. The van der Waals surface area contributed by atoms with Crippen molar-refractivity contribution in [2.24, 2.45) is 0 Å². The summed E-state index contributed by atoms with van der Waals surface area (Å²) in [7, 11) is -6.79. The summed E-state index contributed by atoms with van der Waals surface area (Å²) in [5, 5.41) is 0.999. The lowest BCUT2D eigenvalue weighted by atomic mass is 10.1. The molecule has 22 heavy (non-hydrogen) atoms. The highest BCUT2D eigenvalue weighted by molar-refractivity contribution is 7.93. The summed E-state index contributed by atoms with van der Waals surface area (Å²) in [6.07, 6.45) is 0.423. The summed E-state index contributed by atoms with van der Waals surface area (Å²) in [5.74, 6) is -0.0539. The van der Waals surface area contributed by atoms with E-state index in [4.69, 9.17) is 0 Å². The van der Waals surface area contributed by atoms with E-state index in [9.17, 15) is 16.8 Å². The van der Waals surface area contributed by atoms with E-state index in [0.29, 0.717) is 11.8 Å². The van der Waals surface area contributed by atoms with Crippen molar-refractivity contribution in [2.75, 3.05) is 12.3 Å². The van der Waals surface area contributed by atoms with Gasteiger partial charge in [0.15, 0.2) is 9.84 Å². The summed E-state index contributed by atoms with van der Waals surface area (Å²) in [6, 6.07) is 12.1. The van der Waals surface area contributed by atoms with Gasteiger partial charge < -0.3 is 0 Å². The Labute approximate surface area is 129 Å². The van der Waals surface area contributed by atoms with Crippen LogP contribution >= 0.6 is 0 Å². The van der Waals surface area contributed by atoms with Crippen LogP contribution in [0.5, 0.6) is 0 Å². The van der Waals surface area contributed by atoms with Gasteiger partial charge in [0.05, 0.1) is 15.9 Å². The first-order valence-corrected chi connectivity index (χ1v) is 10.3. The fraction of sp³-hybridized carbons (Fsp3) is 0.333. The van der Waals surface area contributed by atoms with E-state index >= 15 is 0 Å². The Hall–Kier alpha value is -1.44. The molecule has 116 valence electrons. The topological polar surface area (TPSA) is 71.5 Å². The number of fused-ring (bicyclic) bond motifs is 3. The smallest absolute Gasteiger partial charge is 0.228 e. The molecule has 2 unspecified atom stereocenters. The molecular formula is C15H15NO4S2. The molecule has 5 nitrogen and oxygen atoms in total. The Morgan fingerprint density at radius 3 is 2.45 bits per heavy atom. The second kappa shape index (κ2) is 4.53. The molecule has 2 aliphatic rings. The normalized spacial score (nSPS) is 27.5. The molecule has 0 amide bonds. The molecule has 0 spiro atoms. The van der Waals surface area contributed by atoms with E-state index in [0.717, 1.165) is 5.39 Å². The van der Waals surface area contributed by atoms with Crippen LogP contribution in [0.3, 0.4) is 0 Å². The van der Waals surface area contributed by atoms with Crippen LogP contribution in [0.25, 0.3) is 10.8 Å². The first-order chi connectivity index (χ1) is 10.4. The molecule has 2 saturated heterocycles. The van der Waals surface area contributed by atoms with Gasteiger partial charge in [0, 0.05) is 18.0 Å². The lowest BCUT2D eigenvalue weighted by Crippen LogP contribution is -2.44. The third-order valence-electron chi connectivity index (χ3n) is 4.59. The lowest BCUT2D eigenvalue weighted by molar-refractivity contribution is 0.403. The maximum atomic E-state index is 13.0. The second-order valence-electron chi connectivity index (χ2n) is 5.89. The van der Waals surface area contributed by atoms with Gasteiger partial charge in [-0.1, -0.05) is 36.4 Å². The van der Waals surface area contributed by atoms with Gasteiger partial charge in [0.1, 0.15) is 0 Å². The molecule has 2 aromatic carbocycles. The van der Waals surface area contributed by atoms with Crippen molar-refractivity contribution >= 4 is 30.6 Å². The first kappa shape index (κ1) is 14.2. The van der Waals surface area contributed by atoms with E-state index in [1.165, 1.54) is 4.31 Å². The molecule has 7 heteroatoms. The Morgan fingerprint density at radius 1 is 1.05 bits per heavy atom. The third-order valence-corrected chi connectivity index (χ3v) is 8.78. The predicted molar refractivity (Wildman–Crippen MR) is 83.8 cm³/mol. The lowest BCUT2D eigenvalue weighted by Gasteiger charge is -2.26. The molecule has 0 N–H and O–H groups in total. The zero-order valence-electron chi connectivity index (χ0n) is 11.7. The molecule has 0 aromatic heterocycles. The number of rotatable bonds is 2.